The van der Waals surface area contributed by atoms with E-state index in [4.69, 9.17) is 9.47 Å². The van der Waals surface area contributed by atoms with Crippen LogP contribution < -0.4 is 14.8 Å². The molecule has 31 heavy (non-hydrogen) atoms. The van der Waals surface area contributed by atoms with Crippen molar-refractivity contribution in [3.63, 3.8) is 0 Å². The number of hydrogen-bond donors (Lipinski definition) is 1. The maximum absolute atomic E-state index is 13.3. The number of aromatic nitrogens is 3. The number of rotatable bonds is 9. The van der Waals surface area contributed by atoms with Gasteiger partial charge in [0.1, 0.15) is 11.5 Å². The van der Waals surface area contributed by atoms with E-state index in [1.807, 2.05) is 18.4 Å². The number of halogens is 2. The number of anilines is 1. The van der Waals surface area contributed by atoms with Crippen LogP contribution in [0.4, 0.5) is 14.5 Å². The zero-order valence-corrected chi connectivity index (χ0v) is 18.1. The van der Waals surface area contributed by atoms with Crippen molar-refractivity contribution in [2.45, 2.75) is 31.7 Å². The van der Waals surface area contributed by atoms with E-state index in [-0.39, 0.29) is 23.5 Å². The Hall–Kier alpha value is -3.14. The van der Waals surface area contributed by atoms with Gasteiger partial charge in [0, 0.05) is 18.3 Å². The standard InChI is InChI=1S/C21H22F2N4O3S/c1-4-27-20(13(2)30-16-8-6-15(29-3)7-9-16)25-26-21(27)31-12-19(28)24-14-5-10-17(22)18(23)11-14/h5-11,13H,4,12H2,1-3H3,(H,24,28). The molecule has 0 bridgehead atoms. The normalized spacial score (nSPS) is 11.8. The van der Waals surface area contributed by atoms with Crippen molar-refractivity contribution < 1.29 is 23.0 Å². The molecule has 1 heterocycles. The molecule has 0 radical (unpaired) electrons. The second-order valence-electron chi connectivity index (χ2n) is 6.49. The number of carbonyl (C=O) groups is 1. The lowest BCUT2D eigenvalue weighted by molar-refractivity contribution is -0.113. The van der Waals surface area contributed by atoms with Gasteiger partial charge in [-0.25, -0.2) is 8.78 Å². The summed E-state index contributed by atoms with van der Waals surface area (Å²) in [5.41, 5.74) is 0.184. The number of amides is 1. The van der Waals surface area contributed by atoms with E-state index in [2.05, 4.69) is 15.5 Å². The number of methoxy groups -OCH3 is 1. The van der Waals surface area contributed by atoms with Crippen molar-refractivity contribution in [2.75, 3.05) is 18.2 Å². The minimum absolute atomic E-state index is 0.0326. The lowest BCUT2D eigenvalue weighted by atomic mass is 10.3. The second kappa shape index (κ2) is 10.3. The molecule has 0 saturated heterocycles. The molecular weight excluding hydrogens is 426 g/mol. The van der Waals surface area contributed by atoms with Crippen LogP contribution in [-0.4, -0.2) is 33.5 Å². The van der Waals surface area contributed by atoms with Crippen LogP contribution in [0.3, 0.4) is 0 Å². The first-order valence-corrected chi connectivity index (χ1v) is 10.5. The molecule has 1 N–H and O–H groups in total. The van der Waals surface area contributed by atoms with E-state index in [1.54, 1.807) is 31.4 Å². The van der Waals surface area contributed by atoms with Crippen LogP contribution in [0.5, 0.6) is 11.5 Å². The summed E-state index contributed by atoms with van der Waals surface area (Å²) in [7, 11) is 1.60. The van der Waals surface area contributed by atoms with E-state index in [1.165, 1.54) is 17.8 Å². The number of ether oxygens (including phenoxy) is 2. The third-order valence-corrected chi connectivity index (χ3v) is 5.30. The summed E-state index contributed by atoms with van der Waals surface area (Å²) in [6.07, 6.45) is -0.369. The Morgan fingerprint density at radius 1 is 1.13 bits per heavy atom. The van der Waals surface area contributed by atoms with Crippen LogP contribution in [0.15, 0.2) is 47.6 Å². The minimum Gasteiger partial charge on any atom is -0.497 e. The molecule has 1 amide bonds. The first-order chi connectivity index (χ1) is 14.9. The third kappa shape index (κ3) is 5.72. The van der Waals surface area contributed by atoms with Crippen molar-refractivity contribution in [2.24, 2.45) is 0 Å². The summed E-state index contributed by atoms with van der Waals surface area (Å²) < 4.78 is 39.2. The van der Waals surface area contributed by atoms with Gasteiger partial charge in [0.15, 0.2) is 28.7 Å². The first kappa shape index (κ1) is 22.5. The largest absolute Gasteiger partial charge is 0.497 e. The molecule has 164 valence electrons. The van der Waals surface area contributed by atoms with Crippen LogP contribution in [0.2, 0.25) is 0 Å². The summed E-state index contributed by atoms with van der Waals surface area (Å²) in [6, 6.07) is 10.4. The molecule has 1 unspecified atom stereocenters. The van der Waals surface area contributed by atoms with Crippen LogP contribution in [0.25, 0.3) is 0 Å². The van der Waals surface area contributed by atoms with Gasteiger partial charge in [0.25, 0.3) is 0 Å². The van der Waals surface area contributed by atoms with E-state index < -0.39 is 11.6 Å². The topological polar surface area (TPSA) is 78.3 Å². The number of thioether (sulfide) groups is 1. The predicted molar refractivity (Wildman–Crippen MR) is 113 cm³/mol. The van der Waals surface area contributed by atoms with E-state index in [0.29, 0.717) is 23.3 Å². The highest BCUT2D eigenvalue weighted by atomic mass is 32.2. The fourth-order valence-corrected chi connectivity index (χ4v) is 3.63. The number of carbonyl (C=O) groups excluding carboxylic acids is 1. The summed E-state index contributed by atoms with van der Waals surface area (Å²) in [5, 5.41) is 11.5. The van der Waals surface area contributed by atoms with Crippen molar-refractivity contribution >= 4 is 23.4 Å². The molecule has 0 aliphatic carbocycles. The highest BCUT2D eigenvalue weighted by Gasteiger charge is 2.19. The molecule has 7 nitrogen and oxygen atoms in total. The molecule has 3 rings (SSSR count). The SMILES string of the molecule is CCn1c(SCC(=O)Nc2ccc(F)c(F)c2)nnc1C(C)Oc1ccc(OC)cc1. The highest BCUT2D eigenvalue weighted by molar-refractivity contribution is 7.99. The number of nitrogens with one attached hydrogen (secondary N) is 1. The van der Waals surface area contributed by atoms with Crippen LogP contribution in [-0.2, 0) is 11.3 Å². The average molecular weight is 448 g/mol. The van der Waals surface area contributed by atoms with Crippen molar-refractivity contribution in [3.05, 3.63) is 59.9 Å². The van der Waals surface area contributed by atoms with Gasteiger partial charge in [0.2, 0.25) is 5.91 Å². The molecular formula is C21H22F2N4O3S. The Morgan fingerprint density at radius 3 is 2.48 bits per heavy atom. The van der Waals surface area contributed by atoms with Gasteiger partial charge in [0.05, 0.1) is 12.9 Å². The lowest BCUT2D eigenvalue weighted by Crippen LogP contribution is -2.15. The molecule has 0 aliphatic rings. The number of benzene rings is 2. The number of hydrogen-bond acceptors (Lipinski definition) is 6. The molecule has 0 fully saturated rings. The number of nitrogens with zero attached hydrogens (tertiary/aromatic N) is 3. The Bertz CT molecular complexity index is 1040. The molecule has 0 aliphatic heterocycles. The van der Waals surface area contributed by atoms with E-state index in [0.717, 1.165) is 17.9 Å². The summed E-state index contributed by atoms with van der Waals surface area (Å²) >= 11 is 1.19. The summed E-state index contributed by atoms with van der Waals surface area (Å²) in [6.45, 7) is 4.40. The first-order valence-electron chi connectivity index (χ1n) is 9.52. The van der Waals surface area contributed by atoms with Gasteiger partial charge in [-0.3, -0.25) is 4.79 Å². The Kier molecular flexibility index (Phi) is 7.45. The maximum atomic E-state index is 13.3. The zero-order chi connectivity index (χ0) is 22.4. The maximum Gasteiger partial charge on any atom is 0.234 e. The van der Waals surface area contributed by atoms with Gasteiger partial charge in [-0.05, 0) is 50.2 Å². The fraction of sp³-hybridized carbons (Fsp3) is 0.286. The molecule has 3 aromatic rings. The Labute approximate surface area is 182 Å². The monoisotopic (exact) mass is 448 g/mol. The van der Waals surface area contributed by atoms with Gasteiger partial charge in [-0.2, -0.15) is 0 Å². The third-order valence-electron chi connectivity index (χ3n) is 4.33. The molecule has 1 atom stereocenters. The fourth-order valence-electron chi connectivity index (χ4n) is 2.82. The second-order valence-corrected chi connectivity index (χ2v) is 7.43. The Morgan fingerprint density at radius 2 is 1.84 bits per heavy atom. The quantitative estimate of drug-likeness (QED) is 0.487. The van der Waals surface area contributed by atoms with Gasteiger partial charge < -0.3 is 19.4 Å². The van der Waals surface area contributed by atoms with Gasteiger partial charge >= 0.3 is 0 Å². The van der Waals surface area contributed by atoms with Crippen molar-refractivity contribution in [1.29, 1.82) is 0 Å². The average Bonchev–Trinajstić information content (AvgIpc) is 3.18. The van der Waals surface area contributed by atoms with Crippen LogP contribution in [0, 0.1) is 11.6 Å². The van der Waals surface area contributed by atoms with Gasteiger partial charge in [-0.1, -0.05) is 11.8 Å². The van der Waals surface area contributed by atoms with Crippen molar-refractivity contribution in [3.8, 4) is 11.5 Å². The summed E-state index contributed by atoms with van der Waals surface area (Å²) in [5.74, 6) is -0.303. The lowest BCUT2D eigenvalue weighted by Gasteiger charge is -2.15. The van der Waals surface area contributed by atoms with Gasteiger partial charge in [-0.15, -0.1) is 10.2 Å². The smallest absolute Gasteiger partial charge is 0.234 e. The molecule has 0 spiro atoms. The molecule has 1 aromatic heterocycles. The zero-order valence-electron chi connectivity index (χ0n) is 17.3. The minimum atomic E-state index is -1.02. The molecule has 2 aromatic carbocycles. The van der Waals surface area contributed by atoms with E-state index in [9.17, 15) is 13.6 Å². The van der Waals surface area contributed by atoms with Crippen LogP contribution in [0.1, 0.15) is 25.8 Å². The van der Waals surface area contributed by atoms with E-state index >= 15 is 0 Å². The molecule has 0 saturated carbocycles. The summed E-state index contributed by atoms with van der Waals surface area (Å²) in [4.78, 5) is 12.2. The highest BCUT2D eigenvalue weighted by Crippen LogP contribution is 2.26. The van der Waals surface area contributed by atoms with Crippen molar-refractivity contribution in [1.82, 2.24) is 14.8 Å². The predicted octanol–water partition coefficient (Wildman–Crippen LogP) is 4.46. The Balaban J connectivity index is 1.61. The molecule has 10 heteroatoms. The van der Waals surface area contributed by atoms with Crippen LogP contribution >= 0.6 is 11.8 Å².